The fourth-order valence-electron chi connectivity index (χ4n) is 2.05. The predicted molar refractivity (Wildman–Crippen MR) is 84.7 cm³/mol. The van der Waals surface area contributed by atoms with Crippen LogP contribution >= 0.6 is 11.3 Å². The first-order chi connectivity index (χ1) is 10.6. The van der Waals surface area contributed by atoms with E-state index in [1.54, 1.807) is 17.4 Å². The quantitative estimate of drug-likeness (QED) is 0.821. The lowest BCUT2D eigenvalue weighted by atomic mass is 10.1. The van der Waals surface area contributed by atoms with Crippen molar-refractivity contribution in [3.05, 3.63) is 51.7 Å². The van der Waals surface area contributed by atoms with Crippen molar-refractivity contribution in [3.8, 4) is 5.75 Å². The number of carboxylic acids is 1. The standard InChI is InChI=1S/C16H17NO4S/c1-21-14-9-12(16(19)20)5-4-11(14)6-7-17-15(18)10-13-3-2-8-22-13/h2-5,8-9H,6-7,10H2,1H3,(H,17,18)(H,19,20). The molecule has 22 heavy (non-hydrogen) atoms. The Balaban J connectivity index is 1.88. The number of rotatable bonds is 7. The number of nitrogens with one attached hydrogen (secondary N) is 1. The van der Waals surface area contributed by atoms with Gasteiger partial charge < -0.3 is 15.2 Å². The van der Waals surface area contributed by atoms with Crippen LogP contribution in [-0.4, -0.2) is 30.6 Å². The zero-order valence-electron chi connectivity index (χ0n) is 12.2. The highest BCUT2D eigenvalue weighted by Crippen LogP contribution is 2.20. The van der Waals surface area contributed by atoms with Crippen LogP contribution in [-0.2, 0) is 17.6 Å². The van der Waals surface area contributed by atoms with Crippen molar-refractivity contribution in [2.45, 2.75) is 12.8 Å². The Morgan fingerprint density at radius 1 is 1.32 bits per heavy atom. The molecule has 0 radical (unpaired) electrons. The summed E-state index contributed by atoms with van der Waals surface area (Å²) in [6.07, 6.45) is 0.964. The molecule has 5 nitrogen and oxygen atoms in total. The molecule has 0 bridgehead atoms. The predicted octanol–water partition coefficient (Wildman–Crippen LogP) is 2.36. The van der Waals surface area contributed by atoms with E-state index in [4.69, 9.17) is 9.84 Å². The van der Waals surface area contributed by atoms with Crippen molar-refractivity contribution < 1.29 is 19.4 Å². The van der Waals surface area contributed by atoms with E-state index >= 15 is 0 Å². The minimum atomic E-state index is -0.992. The topological polar surface area (TPSA) is 75.6 Å². The fourth-order valence-corrected chi connectivity index (χ4v) is 2.76. The number of benzene rings is 1. The molecule has 1 amide bonds. The maximum absolute atomic E-state index is 11.8. The second kappa shape index (κ2) is 7.61. The highest BCUT2D eigenvalue weighted by Gasteiger charge is 2.09. The molecule has 0 aliphatic rings. The molecule has 6 heteroatoms. The van der Waals surface area contributed by atoms with Gasteiger partial charge in [-0.15, -0.1) is 11.3 Å². The van der Waals surface area contributed by atoms with Crippen LogP contribution in [0.2, 0.25) is 0 Å². The van der Waals surface area contributed by atoms with Crippen molar-refractivity contribution in [1.82, 2.24) is 5.32 Å². The maximum Gasteiger partial charge on any atom is 0.335 e. The lowest BCUT2D eigenvalue weighted by Gasteiger charge is -2.10. The van der Waals surface area contributed by atoms with E-state index in [0.29, 0.717) is 25.1 Å². The first kappa shape index (κ1) is 16.0. The third kappa shape index (κ3) is 4.33. The summed E-state index contributed by atoms with van der Waals surface area (Å²) in [4.78, 5) is 23.7. The third-order valence-electron chi connectivity index (χ3n) is 3.17. The third-order valence-corrected chi connectivity index (χ3v) is 4.04. The van der Waals surface area contributed by atoms with Gasteiger partial charge in [0.1, 0.15) is 5.75 Å². The average molecular weight is 319 g/mol. The summed E-state index contributed by atoms with van der Waals surface area (Å²) in [7, 11) is 1.50. The Labute approximate surface area is 132 Å². The van der Waals surface area contributed by atoms with Crippen LogP contribution < -0.4 is 10.1 Å². The van der Waals surface area contributed by atoms with Crippen molar-refractivity contribution >= 4 is 23.2 Å². The molecule has 2 rings (SSSR count). The molecule has 0 spiro atoms. The number of ether oxygens (including phenoxy) is 1. The minimum Gasteiger partial charge on any atom is -0.496 e. The summed E-state index contributed by atoms with van der Waals surface area (Å²) in [6.45, 7) is 0.479. The number of carbonyl (C=O) groups is 2. The zero-order valence-corrected chi connectivity index (χ0v) is 13.0. The van der Waals surface area contributed by atoms with E-state index in [2.05, 4.69) is 5.32 Å². The van der Waals surface area contributed by atoms with Crippen LogP contribution in [0.3, 0.4) is 0 Å². The van der Waals surface area contributed by atoms with Crippen LogP contribution in [0.4, 0.5) is 0 Å². The van der Waals surface area contributed by atoms with Gasteiger partial charge in [0.05, 0.1) is 19.1 Å². The Kier molecular flexibility index (Phi) is 5.55. The zero-order chi connectivity index (χ0) is 15.9. The first-order valence-electron chi connectivity index (χ1n) is 6.79. The van der Waals surface area contributed by atoms with Crippen molar-refractivity contribution in [2.75, 3.05) is 13.7 Å². The molecule has 1 aromatic carbocycles. The summed E-state index contributed by atoms with van der Waals surface area (Å²) in [5.74, 6) is -0.495. The Bertz CT molecular complexity index is 652. The Morgan fingerprint density at radius 3 is 2.77 bits per heavy atom. The fraction of sp³-hybridized carbons (Fsp3) is 0.250. The number of methoxy groups -OCH3 is 1. The highest BCUT2D eigenvalue weighted by molar-refractivity contribution is 7.10. The lowest BCUT2D eigenvalue weighted by Crippen LogP contribution is -2.27. The number of aromatic carboxylic acids is 1. The Hall–Kier alpha value is -2.34. The van der Waals surface area contributed by atoms with E-state index in [9.17, 15) is 9.59 Å². The van der Waals surface area contributed by atoms with Gasteiger partial charge in [0.25, 0.3) is 0 Å². The second-order valence-electron chi connectivity index (χ2n) is 4.69. The second-order valence-corrected chi connectivity index (χ2v) is 5.72. The number of carbonyl (C=O) groups excluding carboxylic acids is 1. The highest BCUT2D eigenvalue weighted by atomic mass is 32.1. The molecule has 0 fully saturated rings. The van der Waals surface area contributed by atoms with Gasteiger partial charge in [0, 0.05) is 11.4 Å². The molecule has 0 atom stereocenters. The summed E-state index contributed by atoms with van der Waals surface area (Å²) in [6, 6.07) is 8.59. The van der Waals surface area contributed by atoms with Gasteiger partial charge in [-0.2, -0.15) is 0 Å². The smallest absolute Gasteiger partial charge is 0.335 e. The summed E-state index contributed by atoms with van der Waals surface area (Å²) in [5.41, 5.74) is 1.05. The van der Waals surface area contributed by atoms with Crippen molar-refractivity contribution in [1.29, 1.82) is 0 Å². The SMILES string of the molecule is COc1cc(C(=O)O)ccc1CCNC(=O)Cc1cccs1. The van der Waals surface area contributed by atoms with Gasteiger partial charge in [-0.1, -0.05) is 12.1 Å². The number of hydrogen-bond donors (Lipinski definition) is 2. The van der Waals surface area contributed by atoms with Crippen LogP contribution in [0.5, 0.6) is 5.75 Å². The largest absolute Gasteiger partial charge is 0.496 e. The van der Waals surface area contributed by atoms with Crippen LogP contribution in [0.1, 0.15) is 20.8 Å². The molecule has 0 saturated carbocycles. The van der Waals surface area contributed by atoms with Gasteiger partial charge in [-0.05, 0) is 35.6 Å². The summed E-state index contributed by atoms with van der Waals surface area (Å²) in [5, 5.41) is 13.8. The molecule has 2 N–H and O–H groups in total. The maximum atomic E-state index is 11.8. The van der Waals surface area contributed by atoms with E-state index in [1.807, 2.05) is 17.5 Å². The number of amides is 1. The lowest BCUT2D eigenvalue weighted by molar-refractivity contribution is -0.120. The number of carboxylic acid groups (broad SMARTS) is 1. The van der Waals surface area contributed by atoms with Gasteiger partial charge in [-0.25, -0.2) is 4.79 Å². The van der Waals surface area contributed by atoms with Crippen molar-refractivity contribution in [2.24, 2.45) is 0 Å². The molecule has 116 valence electrons. The van der Waals surface area contributed by atoms with Crippen LogP contribution in [0.15, 0.2) is 35.7 Å². The number of thiophene rings is 1. The van der Waals surface area contributed by atoms with E-state index < -0.39 is 5.97 Å². The monoisotopic (exact) mass is 319 g/mol. The molecular formula is C16H17NO4S. The minimum absolute atomic E-state index is 0.0245. The van der Waals surface area contributed by atoms with Crippen LogP contribution in [0.25, 0.3) is 0 Å². The van der Waals surface area contributed by atoms with Gasteiger partial charge >= 0.3 is 5.97 Å². The van der Waals surface area contributed by atoms with Gasteiger partial charge in [0.15, 0.2) is 0 Å². The average Bonchev–Trinajstić information content (AvgIpc) is 3.00. The van der Waals surface area contributed by atoms with E-state index in [-0.39, 0.29) is 11.5 Å². The number of hydrogen-bond acceptors (Lipinski definition) is 4. The molecule has 0 unspecified atom stereocenters. The van der Waals surface area contributed by atoms with Gasteiger partial charge in [0.2, 0.25) is 5.91 Å². The molecule has 1 heterocycles. The normalized spacial score (nSPS) is 10.2. The van der Waals surface area contributed by atoms with E-state index in [1.165, 1.54) is 19.2 Å². The first-order valence-corrected chi connectivity index (χ1v) is 7.67. The van der Waals surface area contributed by atoms with Gasteiger partial charge in [-0.3, -0.25) is 4.79 Å². The van der Waals surface area contributed by atoms with Crippen molar-refractivity contribution in [3.63, 3.8) is 0 Å². The molecular weight excluding hydrogens is 302 g/mol. The molecule has 0 aliphatic heterocycles. The molecule has 2 aromatic rings. The molecule has 0 aliphatic carbocycles. The Morgan fingerprint density at radius 2 is 2.14 bits per heavy atom. The summed E-state index contributed by atoms with van der Waals surface area (Å²) < 4.78 is 5.20. The van der Waals surface area contributed by atoms with E-state index in [0.717, 1.165) is 10.4 Å². The molecule has 0 saturated heterocycles. The summed E-state index contributed by atoms with van der Waals surface area (Å²) >= 11 is 1.56. The molecule has 1 aromatic heterocycles. The van der Waals surface area contributed by atoms with Crippen LogP contribution in [0, 0.1) is 0 Å².